The maximum Gasteiger partial charge on any atom is 0.191 e. The normalized spacial score (nSPS) is 12.6. The van der Waals surface area contributed by atoms with Gasteiger partial charge in [-0.25, -0.2) is 0 Å². The summed E-state index contributed by atoms with van der Waals surface area (Å²) in [7, 11) is 5.99. The van der Waals surface area contributed by atoms with Crippen molar-refractivity contribution < 1.29 is 0 Å². The van der Waals surface area contributed by atoms with Gasteiger partial charge in [0.25, 0.3) is 0 Å². The summed E-state index contributed by atoms with van der Waals surface area (Å²) in [6.45, 7) is 1.59. The van der Waals surface area contributed by atoms with Crippen LogP contribution in [0.1, 0.15) is 16.5 Å². The van der Waals surface area contributed by atoms with Crippen LogP contribution in [-0.2, 0) is 6.42 Å². The molecule has 0 aliphatic heterocycles. The van der Waals surface area contributed by atoms with E-state index >= 15 is 0 Å². The molecule has 0 aliphatic carbocycles. The van der Waals surface area contributed by atoms with Crippen molar-refractivity contribution in [3.05, 3.63) is 57.2 Å². The highest BCUT2D eigenvalue weighted by Gasteiger charge is 2.15. The summed E-state index contributed by atoms with van der Waals surface area (Å²) in [6, 6.07) is 12.5. The second-order valence-electron chi connectivity index (χ2n) is 5.72. The van der Waals surface area contributed by atoms with Gasteiger partial charge in [0.15, 0.2) is 5.96 Å². The van der Waals surface area contributed by atoms with Crippen molar-refractivity contribution in [2.24, 2.45) is 4.99 Å². The van der Waals surface area contributed by atoms with Crippen molar-refractivity contribution in [1.82, 2.24) is 15.5 Å². The number of benzene rings is 1. The number of aliphatic imine (C=N–C) groups is 1. The lowest BCUT2D eigenvalue weighted by Gasteiger charge is -2.24. The molecular formula is C18H26ClIN4S. The molecule has 0 radical (unpaired) electrons. The highest BCUT2D eigenvalue weighted by Crippen LogP contribution is 2.22. The van der Waals surface area contributed by atoms with Gasteiger partial charge in [-0.05, 0) is 43.6 Å². The molecule has 1 atom stereocenters. The molecule has 0 saturated heterocycles. The molecule has 0 spiro atoms. The Labute approximate surface area is 176 Å². The van der Waals surface area contributed by atoms with Crippen LogP contribution in [-0.4, -0.2) is 45.1 Å². The lowest BCUT2D eigenvalue weighted by molar-refractivity contribution is 0.302. The fraction of sp³-hybridized carbons (Fsp3) is 0.389. The van der Waals surface area contributed by atoms with Crippen LogP contribution in [0.3, 0.4) is 0 Å². The van der Waals surface area contributed by atoms with E-state index in [4.69, 9.17) is 11.6 Å². The van der Waals surface area contributed by atoms with Gasteiger partial charge in [0, 0.05) is 30.0 Å². The second kappa shape index (κ2) is 11.7. The average molecular weight is 493 g/mol. The minimum Gasteiger partial charge on any atom is -0.356 e. The highest BCUT2D eigenvalue weighted by atomic mass is 127. The Kier molecular flexibility index (Phi) is 10.4. The van der Waals surface area contributed by atoms with E-state index < -0.39 is 0 Å². The quantitative estimate of drug-likeness (QED) is 0.348. The van der Waals surface area contributed by atoms with Crippen LogP contribution in [0.5, 0.6) is 0 Å². The van der Waals surface area contributed by atoms with Crippen molar-refractivity contribution >= 4 is 52.9 Å². The van der Waals surface area contributed by atoms with Crippen molar-refractivity contribution in [2.75, 3.05) is 34.2 Å². The number of guanidine groups is 1. The van der Waals surface area contributed by atoms with E-state index in [1.165, 1.54) is 4.88 Å². The third kappa shape index (κ3) is 7.13. The van der Waals surface area contributed by atoms with Crippen LogP contribution >= 0.6 is 46.9 Å². The monoisotopic (exact) mass is 492 g/mol. The molecule has 1 heterocycles. The van der Waals surface area contributed by atoms with Gasteiger partial charge in [-0.2, -0.15) is 0 Å². The molecule has 0 aliphatic rings. The first-order valence-electron chi connectivity index (χ1n) is 7.99. The minimum atomic E-state index is 0. The first-order chi connectivity index (χ1) is 11.6. The average Bonchev–Trinajstić information content (AvgIpc) is 3.09. The standard InChI is InChI=1S/C18H25ClN4S.HI/c1-20-18(21-11-10-14-7-4-5-8-15(14)19)22-13-16(23(2)3)17-9-6-12-24-17;/h4-9,12,16H,10-11,13H2,1-3H3,(H2,20,21,22);1H. The molecule has 138 valence electrons. The zero-order valence-corrected chi connectivity index (χ0v) is 18.7. The summed E-state index contributed by atoms with van der Waals surface area (Å²) < 4.78 is 0. The fourth-order valence-corrected chi connectivity index (χ4v) is 3.60. The van der Waals surface area contributed by atoms with Crippen LogP contribution in [0.25, 0.3) is 0 Å². The van der Waals surface area contributed by atoms with Crippen LogP contribution in [0.15, 0.2) is 46.8 Å². The van der Waals surface area contributed by atoms with Gasteiger partial charge in [0.2, 0.25) is 0 Å². The first kappa shape index (κ1) is 22.2. The summed E-state index contributed by atoms with van der Waals surface area (Å²) in [6.07, 6.45) is 0.863. The van der Waals surface area contributed by atoms with Crippen LogP contribution in [0.4, 0.5) is 0 Å². The molecule has 0 bridgehead atoms. The lowest BCUT2D eigenvalue weighted by Crippen LogP contribution is -2.42. The number of hydrogen-bond acceptors (Lipinski definition) is 3. The molecule has 1 aromatic heterocycles. The Hall–Kier alpha value is -0.830. The molecule has 2 N–H and O–H groups in total. The van der Waals surface area contributed by atoms with E-state index in [9.17, 15) is 0 Å². The number of nitrogens with one attached hydrogen (secondary N) is 2. The molecule has 4 nitrogen and oxygen atoms in total. The van der Waals surface area contributed by atoms with Crippen molar-refractivity contribution in [3.63, 3.8) is 0 Å². The highest BCUT2D eigenvalue weighted by molar-refractivity contribution is 14.0. The summed E-state index contributed by atoms with van der Waals surface area (Å²) in [5.41, 5.74) is 1.15. The van der Waals surface area contributed by atoms with Gasteiger partial charge < -0.3 is 15.5 Å². The molecular weight excluding hydrogens is 467 g/mol. The van der Waals surface area contributed by atoms with Gasteiger partial charge in [-0.1, -0.05) is 35.9 Å². The van der Waals surface area contributed by atoms with E-state index in [0.717, 1.165) is 36.1 Å². The summed E-state index contributed by atoms with van der Waals surface area (Å²) >= 11 is 7.97. The van der Waals surface area contributed by atoms with Crippen LogP contribution in [0.2, 0.25) is 5.02 Å². The van der Waals surface area contributed by atoms with Crippen LogP contribution in [0, 0.1) is 0 Å². The maximum absolute atomic E-state index is 6.19. The van der Waals surface area contributed by atoms with Crippen molar-refractivity contribution in [1.29, 1.82) is 0 Å². The van der Waals surface area contributed by atoms with E-state index in [0.29, 0.717) is 6.04 Å². The van der Waals surface area contributed by atoms with Crippen LogP contribution < -0.4 is 10.6 Å². The van der Waals surface area contributed by atoms with Crippen molar-refractivity contribution in [3.8, 4) is 0 Å². The predicted octanol–water partition coefficient (Wildman–Crippen LogP) is 4.03. The van der Waals surface area contributed by atoms with Gasteiger partial charge in [-0.15, -0.1) is 35.3 Å². The lowest BCUT2D eigenvalue weighted by atomic mass is 10.1. The van der Waals surface area contributed by atoms with E-state index in [-0.39, 0.29) is 24.0 Å². The van der Waals surface area contributed by atoms with E-state index in [1.807, 2.05) is 18.2 Å². The Morgan fingerprint density at radius 2 is 1.96 bits per heavy atom. The summed E-state index contributed by atoms with van der Waals surface area (Å²) in [5, 5.41) is 9.69. The Morgan fingerprint density at radius 1 is 1.20 bits per heavy atom. The van der Waals surface area contributed by atoms with Crippen molar-refractivity contribution in [2.45, 2.75) is 12.5 Å². The Balaban J connectivity index is 0.00000312. The zero-order valence-electron chi connectivity index (χ0n) is 14.8. The number of rotatable bonds is 7. The Morgan fingerprint density at radius 3 is 2.56 bits per heavy atom. The smallest absolute Gasteiger partial charge is 0.191 e. The van der Waals surface area contributed by atoms with E-state index in [1.54, 1.807) is 18.4 Å². The minimum absolute atomic E-state index is 0. The molecule has 0 fully saturated rings. The molecule has 7 heteroatoms. The number of likely N-dealkylation sites (N-methyl/N-ethyl adjacent to an activating group) is 1. The first-order valence-corrected chi connectivity index (χ1v) is 9.25. The molecule has 0 saturated carbocycles. The van der Waals surface area contributed by atoms with Gasteiger partial charge in [0.05, 0.1) is 6.04 Å². The third-order valence-corrected chi connectivity index (χ3v) is 5.17. The second-order valence-corrected chi connectivity index (χ2v) is 7.10. The molecule has 2 aromatic rings. The summed E-state index contributed by atoms with van der Waals surface area (Å²) in [5.74, 6) is 0.811. The largest absolute Gasteiger partial charge is 0.356 e. The van der Waals surface area contributed by atoms with E-state index in [2.05, 4.69) is 58.2 Å². The third-order valence-electron chi connectivity index (χ3n) is 3.83. The predicted molar refractivity (Wildman–Crippen MR) is 121 cm³/mol. The summed E-state index contributed by atoms with van der Waals surface area (Å²) in [4.78, 5) is 7.87. The number of hydrogen-bond donors (Lipinski definition) is 2. The number of halogens is 2. The number of thiophene rings is 1. The fourth-order valence-electron chi connectivity index (χ4n) is 2.45. The zero-order chi connectivity index (χ0) is 17.4. The van der Waals surface area contributed by atoms with Gasteiger partial charge in [-0.3, -0.25) is 4.99 Å². The number of nitrogens with zero attached hydrogens (tertiary/aromatic N) is 2. The Bertz CT molecular complexity index is 646. The molecule has 1 aromatic carbocycles. The molecule has 1 unspecified atom stereocenters. The molecule has 25 heavy (non-hydrogen) atoms. The van der Waals surface area contributed by atoms with Gasteiger partial charge >= 0.3 is 0 Å². The van der Waals surface area contributed by atoms with Gasteiger partial charge in [0.1, 0.15) is 0 Å². The SMILES string of the molecule is CN=C(NCCc1ccccc1Cl)NCC(c1cccs1)N(C)C.I. The topological polar surface area (TPSA) is 39.7 Å². The maximum atomic E-state index is 6.19. The molecule has 2 rings (SSSR count). The molecule has 0 amide bonds.